The lowest BCUT2D eigenvalue weighted by atomic mass is 10.1. The molecule has 2 aromatic rings. The number of aromatic amines is 1. The minimum absolute atomic E-state index is 0.142. The first-order valence-corrected chi connectivity index (χ1v) is 11.4. The van der Waals surface area contributed by atoms with Crippen molar-refractivity contribution in [1.29, 1.82) is 0 Å². The van der Waals surface area contributed by atoms with E-state index in [1.165, 1.54) is 19.3 Å². The highest BCUT2D eigenvalue weighted by molar-refractivity contribution is 6.04. The Kier molecular flexibility index (Phi) is 7.47. The first-order chi connectivity index (χ1) is 16.1. The summed E-state index contributed by atoms with van der Waals surface area (Å²) in [5.74, 6) is 0.557. The van der Waals surface area contributed by atoms with Crippen molar-refractivity contribution in [2.75, 3.05) is 43.6 Å². The number of rotatable bonds is 8. The molecule has 1 unspecified atom stereocenters. The Labute approximate surface area is 193 Å². The quantitative estimate of drug-likeness (QED) is 0.463. The molecule has 1 saturated heterocycles. The van der Waals surface area contributed by atoms with E-state index < -0.39 is 0 Å². The van der Waals surface area contributed by atoms with Crippen LogP contribution < -0.4 is 26.4 Å². The summed E-state index contributed by atoms with van der Waals surface area (Å²) >= 11 is 0. The number of methoxy groups -OCH3 is 1. The lowest BCUT2D eigenvalue weighted by Gasteiger charge is -2.28. The summed E-state index contributed by atoms with van der Waals surface area (Å²) in [6, 6.07) is 9.14. The third-order valence-corrected chi connectivity index (χ3v) is 5.88. The number of nitrogens with one attached hydrogen (secondary N) is 4. The van der Waals surface area contributed by atoms with Crippen molar-refractivity contribution in [3.8, 4) is 0 Å². The maximum absolute atomic E-state index is 12.8. The molecule has 4 rings (SSSR count). The van der Waals surface area contributed by atoms with Crippen molar-refractivity contribution in [3.05, 3.63) is 82.1 Å². The fourth-order valence-electron chi connectivity index (χ4n) is 4.06. The van der Waals surface area contributed by atoms with Crippen LogP contribution in [0.15, 0.2) is 65.4 Å². The lowest BCUT2D eigenvalue weighted by Crippen LogP contribution is -2.32. The van der Waals surface area contributed by atoms with Crippen molar-refractivity contribution in [3.63, 3.8) is 0 Å². The number of anilines is 2. The number of hydrogen-bond donors (Lipinski definition) is 4. The Hall–Kier alpha value is -3.52. The van der Waals surface area contributed by atoms with Gasteiger partial charge in [0.15, 0.2) is 0 Å². The third-order valence-electron chi connectivity index (χ3n) is 5.88. The number of carbonyl (C=O) groups is 1. The van der Waals surface area contributed by atoms with E-state index >= 15 is 0 Å². The van der Waals surface area contributed by atoms with Gasteiger partial charge in [-0.25, -0.2) is 0 Å². The average molecular weight is 450 g/mol. The predicted octanol–water partition coefficient (Wildman–Crippen LogP) is 2.90. The zero-order valence-corrected chi connectivity index (χ0v) is 18.9. The van der Waals surface area contributed by atoms with Crippen LogP contribution in [-0.4, -0.2) is 44.2 Å². The van der Waals surface area contributed by atoms with E-state index in [2.05, 4.69) is 25.8 Å². The molecule has 33 heavy (non-hydrogen) atoms. The van der Waals surface area contributed by atoms with Gasteiger partial charge in [0.25, 0.3) is 11.5 Å². The molecule has 0 bridgehead atoms. The Balaban J connectivity index is 1.42. The molecule has 0 saturated carbocycles. The van der Waals surface area contributed by atoms with Gasteiger partial charge < -0.3 is 30.6 Å². The molecule has 1 amide bonds. The largest absolute Gasteiger partial charge is 0.383 e. The number of aromatic nitrogens is 1. The first-order valence-electron chi connectivity index (χ1n) is 11.4. The number of benzene rings is 1. The van der Waals surface area contributed by atoms with Crippen LogP contribution in [0, 0.1) is 0 Å². The van der Waals surface area contributed by atoms with Gasteiger partial charge in [-0.05, 0) is 61.2 Å². The van der Waals surface area contributed by atoms with E-state index in [9.17, 15) is 9.59 Å². The Bertz CT molecular complexity index is 1070. The second-order valence-electron chi connectivity index (χ2n) is 8.23. The average Bonchev–Trinajstić information content (AvgIpc) is 2.86. The van der Waals surface area contributed by atoms with Gasteiger partial charge in [-0.2, -0.15) is 0 Å². The molecule has 1 aromatic carbocycles. The van der Waals surface area contributed by atoms with E-state index in [0.717, 1.165) is 30.2 Å². The van der Waals surface area contributed by atoms with Crippen molar-refractivity contribution in [2.24, 2.45) is 0 Å². The highest BCUT2D eigenvalue weighted by Gasteiger charge is 2.16. The molecular weight excluding hydrogens is 418 g/mol. The smallest absolute Gasteiger partial charge is 0.271 e. The fourth-order valence-corrected chi connectivity index (χ4v) is 4.06. The standard InChI is InChI=1S/C25H31N5O3/c1-33-15-12-26-23-7-5-6-21(28-23)19-16-22(25(32)27-17-19)29-24(31)18-8-10-20(11-9-18)30-13-3-2-4-14-30/h5-11,16-17,21,26,28H,2-4,12-15H2,1H3,(H,27,32)(H,29,31). The summed E-state index contributed by atoms with van der Waals surface area (Å²) in [6.45, 7) is 3.38. The monoisotopic (exact) mass is 449 g/mol. The molecular formula is C25H31N5O3. The van der Waals surface area contributed by atoms with Gasteiger partial charge in [0.2, 0.25) is 0 Å². The molecule has 0 radical (unpaired) electrons. The molecule has 1 atom stereocenters. The molecule has 2 aliphatic heterocycles. The van der Waals surface area contributed by atoms with Gasteiger partial charge in [-0.3, -0.25) is 9.59 Å². The Morgan fingerprint density at radius 2 is 1.97 bits per heavy atom. The van der Waals surface area contributed by atoms with Crippen LogP contribution in [-0.2, 0) is 4.74 Å². The van der Waals surface area contributed by atoms with Crippen LogP contribution in [0.1, 0.15) is 41.2 Å². The van der Waals surface area contributed by atoms with E-state index in [-0.39, 0.29) is 23.2 Å². The zero-order valence-electron chi connectivity index (χ0n) is 18.9. The van der Waals surface area contributed by atoms with Crippen molar-refractivity contribution < 1.29 is 9.53 Å². The molecule has 2 aliphatic rings. The maximum atomic E-state index is 12.8. The van der Waals surface area contributed by atoms with Crippen LogP contribution in [0.5, 0.6) is 0 Å². The minimum atomic E-state index is -0.342. The van der Waals surface area contributed by atoms with Gasteiger partial charge in [-0.1, -0.05) is 12.2 Å². The van der Waals surface area contributed by atoms with Gasteiger partial charge in [-0.15, -0.1) is 0 Å². The summed E-state index contributed by atoms with van der Waals surface area (Å²) in [4.78, 5) is 30.2. The van der Waals surface area contributed by atoms with Gasteiger partial charge >= 0.3 is 0 Å². The number of pyridine rings is 1. The number of allylic oxidation sites excluding steroid dienone is 2. The number of H-pyrrole nitrogens is 1. The van der Waals surface area contributed by atoms with E-state index in [4.69, 9.17) is 4.74 Å². The molecule has 4 N–H and O–H groups in total. The molecule has 1 fully saturated rings. The Morgan fingerprint density at radius 3 is 2.73 bits per heavy atom. The number of ether oxygens (including phenoxy) is 1. The van der Waals surface area contributed by atoms with Crippen molar-refractivity contribution in [2.45, 2.75) is 25.3 Å². The molecule has 1 aromatic heterocycles. The highest BCUT2D eigenvalue weighted by Crippen LogP contribution is 2.22. The van der Waals surface area contributed by atoms with Crippen molar-refractivity contribution in [1.82, 2.24) is 15.6 Å². The summed E-state index contributed by atoms with van der Waals surface area (Å²) in [5.41, 5.74) is 2.36. The third kappa shape index (κ3) is 5.84. The number of piperidine rings is 1. The minimum Gasteiger partial charge on any atom is -0.383 e. The zero-order chi connectivity index (χ0) is 23.0. The molecule has 3 heterocycles. The number of amides is 1. The summed E-state index contributed by atoms with van der Waals surface area (Å²) in [6.07, 6.45) is 11.2. The molecule has 0 spiro atoms. The van der Waals surface area contributed by atoms with Crippen LogP contribution in [0.2, 0.25) is 0 Å². The topological polar surface area (TPSA) is 98.5 Å². The number of carbonyl (C=O) groups excluding carboxylic acids is 1. The van der Waals surface area contributed by atoms with Crippen molar-refractivity contribution >= 4 is 17.3 Å². The molecule has 8 nitrogen and oxygen atoms in total. The van der Waals surface area contributed by atoms with Crippen LogP contribution in [0.3, 0.4) is 0 Å². The fraction of sp³-hybridized carbons (Fsp3) is 0.360. The second kappa shape index (κ2) is 10.9. The van der Waals surface area contributed by atoms with E-state index in [1.54, 1.807) is 19.4 Å². The lowest BCUT2D eigenvalue weighted by molar-refractivity contribution is 0.102. The first kappa shape index (κ1) is 22.7. The van der Waals surface area contributed by atoms with Crippen LogP contribution >= 0.6 is 0 Å². The normalized spacial score (nSPS) is 17.8. The van der Waals surface area contributed by atoms with E-state index in [1.807, 2.05) is 42.5 Å². The van der Waals surface area contributed by atoms with Crippen LogP contribution in [0.4, 0.5) is 11.4 Å². The van der Waals surface area contributed by atoms with Gasteiger partial charge in [0.1, 0.15) is 5.69 Å². The van der Waals surface area contributed by atoms with Gasteiger partial charge in [0.05, 0.1) is 18.5 Å². The second-order valence-corrected chi connectivity index (χ2v) is 8.23. The SMILES string of the molecule is COCCNC1=CC=CC(c2c[nH]c(=O)c(NC(=O)c3ccc(N4CCCCC4)cc3)c2)N1. The van der Waals surface area contributed by atoms with E-state index in [0.29, 0.717) is 18.7 Å². The summed E-state index contributed by atoms with van der Waals surface area (Å²) in [5, 5.41) is 9.39. The van der Waals surface area contributed by atoms with Gasteiger partial charge in [0, 0.05) is 44.2 Å². The van der Waals surface area contributed by atoms with Crippen LogP contribution in [0.25, 0.3) is 0 Å². The molecule has 0 aliphatic carbocycles. The molecule has 174 valence electrons. The Morgan fingerprint density at radius 1 is 1.18 bits per heavy atom. The summed E-state index contributed by atoms with van der Waals surface area (Å²) < 4.78 is 5.07. The maximum Gasteiger partial charge on any atom is 0.271 e. The highest BCUT2D eigenvalue weighted by atomic mass is 16.5. The predicted molar refractivity (Wildman–Crippen MR) is 131 cm³/mol. The summed E-state index contributed by atoms with van der Waals surface area (Å²) in [7, 11) is 1.66. The molecule has 8 heteroatoms. The number of hydrogen-bond acceptors (Lipinski definition) is 6. The number of dihydropyridines is 1. The number of nitrogens with zero attached hydrogens (tertiary/aromatic N) is 1.